The topological polar surface area (TPSA) is 87.6 Å². The first kappa shape index (κ1) is 19.4. The third kappa shape index (κ3) is 3.86. The van der Waals surface area contributed by atoms with Crippen molar-refractivity contribution in [1.29, 1.82) is 0 Å². The number of ether oxygens (including phenoxy) is 1. The molecule has 1 aromatic heterocycles. The first-order chi connectivity index (χ1) is 12.8. The first-order valence-corrected chi connectivity index (χ1v) is 8.96. The summed E-state index contributed by atoms with van der Waals surface area (Å²) < 4.78 is 32.9. The van der Waals surface area contributed by atoms with Crippen molar-refractivity contribution in [2.75, 3.05) is 16.8 Å². The molecule has 1 fully saturated rings. The van der Waals surface area contributed by atoms with Crippen molar-refractivity contribution in [3.63, 3.8) is 0 Å². The molecule has 1 aliphatic rings. The molecule has 7 nitrogen and oxygen atoms in total. The molecule has 0 aliphatic carbocycles. The van der Waals surface area contributed by atoms with Crippen LogP contribution in [0.1, 0.15) is 25.5 Å². The van der Waals surface area contributed by atoms with Crippen LogP contribution in [-0.4, -0.2) is 39.9 Å². The van der Waals surface area contributed by atoms with E-state index in [9.17, 15) is 18.7 Å². The number of anilines is 2. The second-order valence-electron chi connectivity index (χ2n) is 6.12. The average molecular weight is 443 g/mol. The Kier molecular flexibility index (Phi) is 5.56. The van der Waals surface area contributed by atoms with Gasteiger partial charge in [-0.05, 0) is 41.9 Å². The predicted molar refractivity (Wildman–Crippen MR) is 97.4 cm³/mol. The molecule has 27 heavy (non-hydrogen) atoms. The number of hydrogen-bond donors (Lipinski definition) is 2. The van der Waals surface area contributed by atoms with Crippen molar-refractivity contribution in [3.05, 3.63) is 46.1 Å². The number of amides is 1. The molecule has 2 heterocycles. The highest BCUT2D eigenvalue weighted by Crippen LogP contribution is 2.28. The fourth-order valence-electron chi connectivity index (χ4n) is 2.75. The lowest BCUT2D eigenvalue weighted by Crippen LogP contribution is -2.41. The number of nitrogens with one attached hydrogen (secondary N) is 1. The van der Waals surface area contributed by atoms with E-state index in [-0.39, 0.29) is 28.4 Å². The zero-order valence-corrected chi connectivity index (χ0v) is 16.1. The Bertz CT molecular complexity index is 868. The summed E-state index contributed by atoms with van der Waals surface area (Å²) in [5.74, 6) is -1.60. The van der Waals surface area contributed by atoms with Crippen LogP contribution in [-0.2, 0) is 4.74 Å². The second-order valence-corrected chi connectivity index (χ2v) is 6.98. The Morgan fingerprint density at radius 3 is 2.78 bits per heavy atom. The lowest BCUT2D eigenvalue weighted by Gasteiger charge is -2.23. The van der Waals surface area contributed by atoms with Crippen LogP contribution in [0.25, 0.3) is 0 Å². The number of carbonyl (C=O) groups is 1. The van der Waals surface area contributed by atoms with Crippen LogP contribution in [0.2, 0.25) is 0 Å². The van der Waals surface area contributed by atoms with E-state index in [1.165, 1.54) is 29.3 Å². The molecule has 1 saturated heterocycles. The van der Waals surface area contributed by atoms with Gasteiger partial charge in [0, 0.05) is 11.8 Å². The van der Waals surface area contributed by atoms with E-state index in [4.69, 9.17) is 4.74 Å². The van der Waals surface area contributed by atoms with E-state index >= 15 is 0 Å². The summed E-state index contributed by atoms with van der Waals surface area (Å²) >= 11 is 2.94. The molecular formula is C17H17BrF2N4O3. The van der Waals surface area contributed by atoms with Crippen molar-refractivity contribution in [3.8, 4) is 0 Å². The molecular weight excluding hydrogens is 426 g/mol. The summed E-state index contributed by atoms with van der Waals surface area (Å²) in [6.07, 6.45) is -0.0261. The molecule has 3 atom stereocenters. The van der Waals surface area contributed by atoms with Crippen LogP contribution in [0.5, 0.6) is 0 Å². The normalized spacial score (nSPS) is 19.0. The number of aromatic nitrogens is 2. The van der Waals surface area contributed by atoms with E-state index < -0.39 is 35.9 Å². The first-order valence-electron chi connectivity index (χ1n) is 8.16. The van der Waals surface area contributed by atoms with Crippen LogP contribution >= 0.6 is 15.9 Å². The quantitative estimate of drug-likeness (QED) is 0.689. The summed E-state index contributed by atoms with van der Waals surface area (Å²) in [4.78, 5) is 21.5. The SMILES string of the molecule is C[C@H](Nc1nccc(N2C(=O)OCC2[C@@H](C)O)n1)c1ccc(Br)c(F)c1F. The van der Waals surface area contributed by atoms with Crippen molar-refractivity contribution >= 4 is 33.8 Å². The van der Waals surface area contributed by atoms with E-state index in [0.717, 1.165) is 0 Å². The molecule has 0 radical (unpaired) electrons. The Balaban J connectivity index is 1.84. The summed E-state index contributed by atoms with van der Waals surface area (Å²) in [5, 5.41) is 12.7. The number of rotatable bonds is 5. The van der Waals surface area contributed by atoms with Crippen LogP contribution in [0.15, 0.2) is 28.9 Å². The number of carbonyl (C=O) groups excluding carboxylic acids is 1. The molecule has 2 N–H and O–H groups in total. The zero-order chi connectivity index (χ0) is 19.7. The van der Waals surface area contributed by atoms with Gasteiger partial charge in [-0.2, -0.15) is 4.98 Å². The number of aliphatic hydroxyl groups is 1. The second kappa shape index (κ2) is 7.73. The van der Waals surface area contributed by atoms with Crippen LogP contribution < -0.4 is 10.2 Å². The zero-order valence-electron chi connectivity index (χ0n) is 14.5. The number of nitrogens with zero attached hydrogens (tertiary/aromatic N) is 3. The minimum atomic E-state index is -0.976. The summed E-state index contributed by atoms with van der Waals surface area (Å²) in [7, 11) is 0. The van der Waals surface area contributed by atoms with Crippen LogP contribution in [0.3, 0.4) is 0 Å². The van der Waals surface area contributed by atoms with Gasteiger partial charge >= 0.3 is 6.09 Å². The minimum absolute atomic E-state index is 0.0332. The third-order valence-corrected chi connectivity index (χ3v) is 4.84. The Hall–Kier alpha value is -2.33. The molecule has 0 spiro atoms. The summed E-state index contributed by atoms with van der Waals surface area (Å²) in [6.45, 7) is 3.22. The number of hydrogen-bond acceptors (Lipinski definition) is 6. The van der Waals surface area contributed by atoms with Gasteiger partial charge in [0.2, 0.25) is 5.95 Å². The largest absolute Gasteiger partial charge is 0.447 e. The molecule has 0 bridgehead atoms. The molecule has 2 aromatic rings. The average Bonchev–Trinajstić information content (AvgIpc) is 3.02. The van der Waals surface area contributed by atoms with E-state index in [2.05, 4.69) is 31.2 Å². The number of halogens is 3. The molecule has 10 heteroatoms. The lowest BCUT2D eigenvalue weighted by atomic mass is 10.1. The van der Waals surface area contributed by atoms with Crippen molar-refractivity contribution in [1.82, 2.24) is 9.97 Å². The highest BCUT2D eigenvalue weighted by Gasteiger charge is 2.38. The van der Waals surface area contributed by atoms with E-state index in [1.807, 2.05) is 0 Å². The van der Waals surface area contributed by atoms with Crippen molar-refractivity contribution in [2.45, 2.75) is 32.0 Å². The van der Waals surface area contributed by atoms with Gasteiger partial charge in [0.25, 0.3) is 0 Å². The van der Waals surface area contributed by atoms with E-state index in [1.54, 1.807) is 13.8 Å². The predicted octanol–water partition coefficient (Wildman–Crippen LogP) is 3.40. The van der Waals surface area contributed by atoms with E-state index in [0.29, 0.717) is 0 Å². The Labute approximate surface area is 162 Å². The maximum atomic E-state index is 14.1. The summed E-state index contributed by atoms with van der Waals surface area (Å²) in [5.41, 5.74) is 0.104. The fraction of sp³-hybridized carbons (Fsp3) is 0.353. The molecule has 1 aromatic carbocycles. The van der Waals surface area contributed by atoms with Crippen molar-refractivity contribution < 1.29 is 23.4 Å². The maximum Gasteiger partial charge on any atom is 0.416 e. The molecule has 3 rings (SSSR count). The van der Waals surface area contributed by atoms with Gasteiger partial charge < -0.3 is 15.2 Å². The van der Waals surface area contributed by atoms with Crippen molar-refractivity contribution in [2.24, 2.45) is 0 Å². The number of aliphatic hydroxyl groups excluding tert-OH is 1. The van der Waals surface area contributed by atoms with Gasteiger partial charge in [-0.25, -0.2) is 18.6 Å². The number of benzene rings is 1. The lowest BCUT2D eigenvalue weighted by molar-refractivity contribution is 0.142. The fourth-order valence-corrected chi connectivity index (χ4v) is 3.06. The summed E-state index contributed by atoms with van der Waals surface area (Å²) in [6, 6.07) is 3.15. The minimum Gasteiger partial charge on any atom is -0.447 e. The van der Waals surface area contributed by atoms with Gasteiger partial charge in [-0.3, -0.25) is 4.90 Å². The molecule has 1 amide bonds. The highest BCUT2D eigenvalue weighted by atomic mass is 79.9. The smallest absolute Gasteiger partial charge is 0.416 e. The van der Waals surface area contributed by atoms with Gasteiger partial charge in [0.15, 0.2) is 11.6 Å². The maximum absolute atomic E-state index is 14.1. The van der Waals surface area contributed by atoms with Crippen LogP contribution in [0, 0.1) is 11.6 Å². The third-order valence-electron chi connectivity index (χ3n) is 4.23. The van der Waals surface area contributed by atoms with Gasteiger partial charge in [-0.15, -0.1) is 0 Å². The van der Waals surface area contributed by atoms with Gasteiger partial charge in [0.1, 0.15) is 18.5 Å². The molecule has 0 saturated carbocycles. The Morgan fingerprint density at radius 1 is 1.33 bits per heavy atom. The molecule has 1 unspecified atom stereocenters. The Morgan fingerprint density at radius 2 is 2.07 bits per heavy atom. The molecule has 1 aliphatic heterocycles. The molecule has 144 valence electrons. The van der Waals surface area contributed by atoms with Gasteiger partial charge in [-0.1, -0.05) is 6.07 Å². The highest BCUT2D eigenvalue weighted by molar-refractivity contribution is 9.10. The standard InChI is InChI=1S/C17H17BrF2N4O3/c1-8(10-3-4-11(18)15(20)14(10)19)22-16-21-6-5-13(23-16)24-12(9(2)25)7-27-17(24)26/h3-6,8-9,12,25H,7H2,1-2H3,(H,21,22,23)/t8-,9+,12?/m0/s1. The number of cyclic esters (lactones) is 1. The van der Waals surface area contributed by atoms with Gasteiger partial charge in [0.05, 0.1) is 16.6 Å². The monoisotopic (exact) mass is 442 g/mol. The van der Waals surface area contributed by atoms with Crippen LogP contribution in [0.4, 0.5) is 25.3 Å².